The average Bonchev–Trinajstić information content (AvgIpc) is 3.13. The van der Waals surface area contributed by atoms with Crippen LogP contribution in [0.25, 0.3) is 5.69 Å². The van der Waals surface area contributed by atoms with Crippen molar-refractivity contribution in [3.63, 3.8) is 0 Å². The fourth-order valence-electron chi connectivity index (χ4n) is 2.99. The van der Waals surface area contributed by atoms with Crippen molar-refractivity contribution in [2.45, 2.75) is 19.4 Å². The molecule has 1 aromatic heterocycles. The third kappa shape index (κ3) is 3.64. The van der Waals surface area contributed by atoms with E-state index in [4.69, 9.17) is 0 Å². The molecule has 0 saturated carbocycles. The fraction of sp³-hybridized carbons (Fsp3) is 0.158. The lowest BCUT2D eigenvalue weighted by molar-refractivity contribution is -0.116. The first-order valence-corrected chi connectivity index (χ1v) is 8.55. The second kappa shape index (κ2) is 6.91. The van der Waals surface area contributed by atoms with Crippen LogP contribution in [-0.4, -0.2) is 32.6 Å². The zero-order valence-corrected chi connectivity index (χ0v) is 14.6. The normalized spacial score (nSPS) is 15.9. The van der Waals surface area contributed by atoms with Gasteiger partial charge in [-0.1, -0.05) is 6.07 Å². The van der Waals surface area contributed by atoms with E-state index in [1.165, 1.54) is 0 Å². The first kappa shape index (κ1) is 16.8. The van der Waals surface area contributed by atoms with Crippen molar-refractivity contribution in [3.05, 3.63) is 60.7 Å². The Hall–Kier alpha value is -3.68. The van der Waals surface area contributed by atoms with Gasteiger partial charge in [-0.3, -0.25) is 14.2 Å². The summed E-state index contributed by atoms with van der Waals surface area (Å²) in [4.78, 5) is 24.5. The van der Waals surface area contributed by atoms with Crippen LogP contribution < -0.4 is 16.0 Å². The number of nitrogens with zero attached hydrogens (tertiary/aromatic N) is 3. The highest BCUT2D eigenvalue weighted by molar-refractivity contribution is 6.06. The van der Waals surface area contributed by atoms with Crippen LogP contribution in [-0.2, 0) is 4.79 Å². The maximum Gasteiger partial charge on any atom is 0.255 e. The smallest absolute Gasteiger partial charge is 0.255 e. The van der Waals surface area contributed by atoms with Crippen molar-refractivity contribution in [2.75, 3.05) is 16.0 Å². The summed E-state index contributed by atoms with van der Waals surface area (Å²) < 4.78 is 1.76. The number of hydrogen-bond acceptors (Lipinski definition) is 5. The highest BCUT2D eigenvalue weighted by Gasteiger charge is 2.19. The molecule has 0 radical (unpaired) electrons. The monoisotopic (exact) mass is 362 g/mol. The molecular weight excluding hydrogens is 344 g/mol. The van der Waals surface area contributed by atoms with E-state index in [2.05, 4.69) is 26.1 Å². The number of benzene rings is 2. The Morgan fingerprint density at radius 3 is 2.78 bits per heavy atom. The molecule has 1 unspecified atom stereocenters. The Balaban J connectivity index is 1.56. The summed E-state index contributed by atoms with van der Waals surface area (Å²) in [6.07, 6.45) is 3.56. The zero-order chi connectivity index (χ0) is 18.8. The maximum atomic E-state index is 12.7. The number of hydrogen-bond donors (Lipinski definition) is 3. The van der Waals surface area contributed by atoms with Crippen LogP contribution >= 0.6 is 0 Å². The van der Waals surface area contributed by atoms with Crippen molar-refractivity contribution in [3.8, 4) is 5.69 Å². The molecule has 0 bridgehead atoms. The molecule has 0 fully saturated rings. The van der Waals surface area contributed by atoms with E-state index in [0.29, 0.717) is 23.4 Å². The number of amides is 2. The highest BCUT2D eigenvalue weighted by atomic mass is 16.2. The quantitative estimate of drug-likeness (QED) is 0.665. The third-order valence-corrected chi connectivity index (χ3v) is 4.27. The van der Waals surface area contributed by atoms with Crippen molar-refractivity contribution in [1.82, 2.24) is 14.8 Å². The van der Waals surface area contributed by atoms with E-state index in [-0.39, 0.29) is 17.9 Å². The Morgan fingerprint density at radius 1 is 1.15 bits per heavy atom. The Labute approximate surface area is 155 Å². The molecule has 8 nitrogen and oxygen atoms in total. The summed E-state index contributed by atoms with van der Waals surface area (Å²) in [6, 6.07) is 12.6. The Bertz CT molecular complexity index is 999. The topological polar surface area (TPSA) is 101 Å². The number of anilines is 3. The van der Waals surface area contributed by atoms with Crippen molar-refractivity contribution in [1.29, 1.82) is 0 Å². The molecule has 0 aliphatic carbocycles. The molecule has 136 valence electrons. The van der Waals surface area contributed by atoms with Gasteiger partial charge >= 0.3 is 0 Å². The maximum absolute atomic E-state index is 12.7. The first-order chi connectivity index (χ1) is 13.1. The molecule has 3 N–H and O–H groups in total. The lowest BCUT2D eigenvalue weighted by Gasteiger charge is -2.13. The molecule has 0 spiro atoms. The lowest BCUT2D eigenvalue weighted by atomic mass is 10.1. The van der Waals surface area contributed by atoms with Crippen LogP contribution in [0.1, 0.15) is 23.7 Å². The number of nitrogens with one attached hydrogen (secondary N) is 3. The summed E-state index contributed by atoms with van der Waals surface area (Å²) >= 11 is 0. The van der Waals surface area contributed by atoms with Gasteiger partial charge in [0.25, 0.3) is 5.91 Å². The molecule has 2 aromatic carbocycles. The van der Waals surface area contributed by atoms with Gasteiger partial charge in [-0.15, -0.1) is 10.2 Å². The minimum atomic E-state index is -0.233. The van der Waals surface area contributed by atoms with E-state index in [9.17, 15) is 9.59 Å². The summed E-state index contributed by atoms with van der Waals surface area (Å²) in [5.41, 5.74) is 3.42. The molecule has 27 heavy (non-hydrogen) atoms. The number of carbonyl (C=O) groups is 2. The largest absolute Gasteiger partial charge is 0.380 e. The van der Waals surface area contributed by atoms with Gasteiger partial charge in [0, 0.05) is 23.7 Å². The van der Waals surface area contributed by atoms with Crippen LogP contribution in [0.3, 0.4) is 0 Å². The minimum absolute atomic E-state index is 0.00923. The molecule has 8 heteroatoms. The van der Waals surface area contributed by atoms with Crippen LogP contribution in [0, 0.1) is 0 Å². The number of rotatable bonds is 3. The van der Waals surface area contributed by atoms with Gasteiger partial charge in [-0.05, 0) is 43.3 Å². The van der Waals surface area contributed by atoms with E-state index in [1.54, 1.807) is 35.4 Å². The second-order valence-corrected chi connectivity index (χ2v) is 6.43. The van der Waals surface area contributed by atoms with Gasteiger partial charge in [-0.25, -0.2) is 0 Å². The van der Waals surface area contributed by atoms with Crippen LogP contribution in [0.2, 0.25) is 0 Å². The SMILES string of the molecule is CC1CC(=O)Nc2ccc(C(=O)Nc3cccc(-n4cnnc4)c3)cc2N1. The van der Waals surface area contributed by atoms with Crippen molar-refractivity contribution in [2.24, 2.45) is 0 Å². The Kier molecular flexibility index (Phi) is 4.29. The van der Waals surface area contributed by atoms with Gasteiger partial charge in [0.2, 0.25) is 5.91 Å². The molecular formula is C19H18N6O2. The van der Waals surface area contributed by atoms with E-state index in [1.807, 2.05) is 31.2 Å². The average molecular weight is 362 g/mol. The lowest BCUT2D eigenvalue weighted by Crippen LogP contribution is -2.19. The third-order valence-electron chi connectivity index (χ3n) is 4.27. The van der Waals surface area contributed by atoms with Crippen LogP contribution in [0.5, 0.6) is 0 Å². The Morgan fingerprint density at radius 2 is 1.96 bits per heavy atom. The van der Waals surface area contributed by atoms with Gasteiger partial charge < -0.3 is 16.0 Å². The highest BCUT2D eigenvalue weighted by Crippen LogP contribution is 2.27. The second-order valence-electron chi connectivity index (χ2n) is 6.43. The predicted molar refractivity (Wildman–Crippen MR) is 102 cm³/mol. The standard InChI is InChI=1S/C19H18N6O2/c1-12-7-18(26)24-16-6-5-13(8-17(16)22-12)19(27)23-14-3-2-4-15(9-14)25-10-20-21-11-25/h2-6,8-12,22H,7H2,1H3,(H,23,27)(H,24,26). The molecule has 1 aliphatic rings. The molecule has 0 saturated heterocycles. The molecule has 3 aromatic rings. The van der Waals surface area contributed by atoms with E-state index >= 15 is 0 Å². The van der Waals surface area contributed by atoms with Crippen LogP contribution in [0.4, 0.5) is 17.1 Å². The molecule has 2 amide bonds. The summed E-state index contributed by atoms with van der Waals surface area (Å²) in [5, 5.41) is 16.6. The summed E-state index contributed by atoms with van der Waals surface area (Å²) in [5.74, 6) is -0.277. The van der Waals surface area contributed by atoms with Crippen molar-refractivity contribution >= 4 is 28.9 Å². The van der Waals surface area contributed by atoms with E-state index in [0.717, 1.165) is 11.4 Å². The number of fused-ring (bicyclic) bond motifs is 1. The summed E-state index contributed by atoms with van der Waals surface area (Å²) in [6.45, 7) is 1.93. The zero-order valence-electron chi connectivity index (χ0n) is 14.6. The number of aromatic nitrogens is 3. The fourth-order valence-corrected chi connectivity index (χ4v) is 2.99. The first-order valence-electron chi connectivity index (χ1n) is 8.55. The van der Waals surface area contributed by atoms with Gasteiger partial charge in [-0.2, -0.15) is 0 Å². The molecule has 4 rings (SSSR count). The molecule has 1 aliphatic heterocycles. The van der Waals surface area contributed by atoms with Gasteiger partial charge in [0.05, 0.1) is 17.1 Å². The number of carbonyl (C=O) groups excluding carboxylic acids is 2. The van der Waals surface area contributed by atoms with E-state index < -0.39 is 0 Å². The molecule has 2 heterocycles. The molecule has 1 atom stereocenters. The van der Waals surface area contributed by atoms with Gasteiger partial charge in [0.15, 0.2) is 0 Å². The summed E-state index contributed by atoms with van der Waals surface area (Å²) in [7, 11) is 0. The predicted octanol–water partition coefficient (Wildman–Crippen LogP) is 2.66. The van der Waals surface area contributed by atoms with Crippen LogP contribution in [0.15, 0.2) is 55.1 Å². The minimum Gasteiger partial charge on any atom is -0.380 e. The van der Waals surface area contributed by atoms with Crippen molar-refractivity contribution < 1.29 is 9.59 Å². The van der Waals surface area contributed by atoms with Gasteiger partial charge in [0.1, 0.15) is 12.7 Å².